The zero-order chi connectivity index (χ0) is 10.7. The maximum atomic E-state index is 10.3. The number of aromatic nitrogens is 1. The molecule has 0 saturated heterocycles. The number of carboxylic acid groups (broad SMARTS) is 1. The van der Waals surface area contributed by atoms with Crippen LogP contribution in [0.3, 0.4) is 0 Å². The van der Waals surface area contributed by atoms with Gasteiger partial charge in [-0.15, -0.1) is 0 Å². The third kappa shape index (κ3) is 2.14. The molecule has 0 saturated carbocycles. The van der Waals surface area contributed by atoms with Crippen LogP contribution in [0.15, 0.2) is 41.1 Å². The Morgan fingerprint density at radius 3 is 2.53 bits per heavy atom. The summed E-state index contributed by atoms with van der Waals surface area (Å²) in [6.07, 6.45) is 0.405. The fourth-order valence-corrected chi connectivity index (χ4v) is 1.21. The Labute approximate surface area is 85.3 Å². The van der Waals surface area contributed by atoms with Crippen LogP contribution in [0.1, 0.15) is 0 Å². The number of hydrogen-bond donors (Lipinski definition) is 2. The van der Waals surface area contributed by atoms with Crippen LogP contribution in [0.25, 0.3) is 11.3 Å². The van der Waals surface area contributed by atoms with Crippen molar-refractivity contribution in [2.24, 2.45) is 0 Å². The van der Waals surface area contributed by atoms with Crippen molar-refractivity contribution >= 4 is 11.8 Å². The molecular formula is C10H8N2O3. The van der Waals surface area contributed by atoms with Crippen molar-refractivity contribution in [3.63, 3.8) is 0 Å². The predicted octanol–water partition coefficient (Wildman–Crippen LogP) is 2.43. The summed E-state index contributed by atoms with van der Waals surface area (Å²) in [5.41, 5.74) is 2.12. The van der Waals surface area contributed by atoms with Crippen molar-refractivity contribution in [1.82, 2.24) is 5.16 Å². The van der Waals surface area contributed by atoms with Crippen LogP contribution in [-0.4, -0.2) is 16.4 Å². The lowest BCUT2D eigenvalue weighted by molar-refractivity contribution is 0.210. The standard InChI is InChI=1S/C10H8N2O3/c13-10(14)11-8-3-1-7(2-4-8)9-5-6-15-12-9/h1-6,11H,(H,13,14). The van der Waals surface area contributed by atoms with Crippen LogP contribution in [0.5, 0.6) is 0 Å². The largest absolute Gasteiger partial charge is 0.465 e. The molecule has 15 heavy (non-hydrogen) atoms. The quantitative estimate of drug-likeness (QED) is 0.787. The lowest BCUT2D eigenvalue weighted by Crippen LogP contribution is -2.06. The maximum Gasteiger partial charge on any atom is 0.409 e. The predicted molar refractivity (Wildman–Crippen MR) is 53.6 cm³/mol. The molecule has 0 bridgehead atoms. The second-order valence-electron chi connectivity index (χ2n) is 2.89. The van der Waals surface area contributed by atoms with E-state index in [1.165, 1.54) is 6.26 Å². The van der Waals surface area contributed by atoms with E-state index >= 15 is 0 Å². The van der Waals surface area contributed by atoms with Gasteiger partial charge in [-0.2, -0.15) is 0 Å². The number of rotatable bonds is 2. The minimum absolute atomic E-state index is 0.523. The van der Waals surface area contributed by atoms with Gasteiger partial charge in [0.25, 0.3) is 0 Å². The van der Waals surface area contributed by atoms with E-state index < -0.39 is 6.09 Å². The summed E-state index contributed by atoms with van der Waals surface area (Å²) < 4.78 is 4.70. The topological polar surface area (TPSA) is 75.4 Å². The van der Waals surface area contributed by atoms with Gasteiger partial charge in [-0.1, -0.05) is 17.3 Å². The number of amides is 1. The molecule has 1 amide bonds. The first-order chi connectivity index (χ1) is 7.25. The molecule has 0 aliphatic heterocycles. The van der Waals surface area contributed by atoms with Gasteiger partial charge in [-0.05, 0) is 12.1 Å². The van der Waals surface area contributed by atoms with E-state index in [2.05, 4.69) is 10.5 Å². The fraction of sp³-hybridized carbons (Fsp3) is 0. The molecule has 5 heteroatoms. The van der Waals surface area contributed by atoms with E-state index in [0.717, 1.165) is 11.3 Å². The van der Waals surface area contributed by atoms with Crippen LogP contribution in [0.4, 0.5) is 10.5 Å². The number of carbonyl (C=O) groups is 1. The van der Waals surface area contributed by atoms with Gasteiger partial charge >= 0.3 is 6.09 Å². The lowest BCUT2D eigenvalue weighted by Gasteiger charge is -2.00. The van der Waals surface area contributed by atoms with Crippen LogP contribution in [-0.2, 0) is 0 Å². The summed E-state index contributed by atoms with van der Waals surface area (Å²) >= 11 is 0. The molecule has 2 aromatic rings. The van der Waals surface area contributed by atoms with Crippen LogP contribution < -0.4 is 5.32 Å². The second-order valence-corrected chi connectivity index (χ2v) is 2.89. The summed E-state index contributed by atoms with van der Waals surface area (Å²) in [7, 11) is 0. The molecule has 2 N–H and O–H groups in total. The van der Waals surface area contributed by atoms with Crippen molar-refractivity contribution in [3.05, 3.63) is 36.6 Å². The van der Waals surface area contributed by atoms with Crippen molar-refractivity contribution < 1.29 is 14.4 Å². The zero-order valence-electron chi connectivity index (χ0n) is 7.68. The summed E-state index contributed by atoms with van der Waals surface area (Å²) in [6, 6.07) is 8.60. The molecule has 0 fully saturated rings. The second kappa shape index (κ2) is 3.83. The first-order valence-electron chi connectivity index (χ1n) is 4.26. The summed E-state index contributed by atoms with van der Waals surface area (Å²) in [6.45, 7) is 0. The highest BCUT2D eigenvalue weighted by molar-refractivity contribution is 5.83. The van der Waals surface area contributed by atoms with Crippen molar-refractivity contribution in [2.45, 2.75) is 0 Å². The first-order valence-corrected chi connectivity index (χ1v) is 4.26. The number of hydrogen-bond acceptors (Lipinski definition) is 3. The van der Waals surface area contributed by atoms with Gasteiger partial charge in [0.2, 0.25) is 0 Å². The van der Waals surface area contributed by atoms with E-state index in [9.17, 15) is 4.79 Å². The van der Waals surface area contributed by atoms with Gasteiger partial charge < -0.3 is 9.63 Å². The SMILES string of the molecule is O=C(O)Nc1ccc(-c2ccon2)cc1. The summed E-state index contributed by atoms with van der Waals surface area (Å²) in [5, 5.41) is 14.5. The van der Waals surface area contributed by atoms with E-state index in [0.29, 0.717) is 5.69 Å². The molecule has 2 rings (SSSR count). The van der Waals surface area contributed by atoms with Gasteiger partial charge in [0, 0.05) is 17.3 Å². The number of nitrogens with one attached hydrogen (secondary N) is 1. The highest BCUT2D eigenvalue weighted by atomic mass is 16.5. The third-order valence-corrected chi connectivity index (χ3v) is 1.87. The third-order valence-electron chi connectivity index (χ3n) is 1.87. The monoisotopic (exact) mass is 204 g/mol. The highest BCUT2D eigenvalue weighted by Gasteiger charge is 2.01. The summed E-state index contributed by atoms with van der Waals surface area (Å²) in [4.78, 5) is 10.3. The number of anilines is 1. The first kappa shape index (κ1) is 9.26. The maximum absolute atomic E-state index is 10.3. The van der Waals surface area contributed by atoms with E-state index in [-0.39, 0.29) is 0 Å². The Hall–Kier alpha value is -2.30. The Kier molecular flexibility index (Phi) is 2.37. The molecule has 1 heterocycles. The molecule has 76 valence electrons. The minimum Gasteiger partial charge on any atom is -0.465 e. The Bertz CT molecular complexity index is 448. The Morgan fingerprint density at radius 1 is 1.27 bits per heavy atom. The molecular weight excluding hydrogens is 196 g/mol. The molecule has 0 radical (unpaired) electrons. The zero-order valence-corrected chi connectivity index (χ0v) is 7.68. The average molecular weight is 204 g/mol. The number of nitrogens with zero attached hydrogens (tertiary/aromatic N) is 1. The average Bonchev–Trinajstić information content (AvgIpc) is 2.71. The van der Waals surface area contributed by atoms with Gasteiger partial charge in [-0.3, -0.25) is 5.32 Å². The minimum atomic E-state index is -1.08. The molecule has 0 unspecified atom stereocenters. The van der Waals surface area contributed by atoms with Crippen molar-refractivity contribution in [3.8, 4) is 11.3 Å². The molecule has 5 nitrogen and oxygen atoms in total. The smallest absolute Gasteiger partial charge is 0.409 e. The molecule has 0 atom stereocenters. The summed E-state index contributed by atoms with van der Waals surface area (Å²) in [5.74, 6) is 0. The van der Waals surface area contributed by atoms with Crippen molar-refractivity contribution in [2.75, 3.05) is 5.32 Å². The Balaban J connectivity index is 2.21. The number of benzene rings is 1. The van der Waals surface area contributed by atoms with Gasteiger partial charge in [0.15, 0.2) is 0 Å². The van der Waals surface area contributed by atoms with Gasteiger partial charge in [-0.25, -0.2) is 4.79 Å². The molecule has 0 aliphatic carbocycles. The van der Waals surface area contributed by atoms with Gasteiger partial charge in [0.05, 0.1) is 0 Å². The Morgan fingerprint density at radius 2 is 2.00 bits per heavy atom. The van der Waals surface area contributed by atoms with E-state index in [1.54, 1.807) is 30.3 Å². The lowest BCUT2D eigenvalue weighted by atomic mass is 10.1. The molecule has 1 aromatic carbocycles. The van der Waals surface area contributed by atoms with Crippen LogP contribution >= 0.6 is 0 Å². The van der Waals surface area contributed by atoms with Crippen LogP contribution in [0.2, 0.25) is 0 Å². The van der Waals surface area contributed by atoms with Gasteiger partial charge in [0.1, 0.15) is 12.0 Å². The molecule has 1 aromatic heterocycles. The van der Waals surface area contributed by atoms with Crippen LogP contribution in [0, 0.1) is 0 Å². The van der Waals surface area contributed by atoms with Crippen molar-refractivity contribution in [1.29, 1.82) is 0 Å². The normalized spacial score (nSPS) is 9.87. The fourth-order valence-electron chi connectivity index (χ4n) is 1.21. The van der Waals surface area contributed by atoms with E-state index in [1.807, 2.05) is 0 Å². The molecule has 0 aliphatic rings. The van der Waals surface area contributed by atoms with E-state index in [4.69, 9.17) is 9.63 Å². The highest BCUT2D eigenvalue weighted by Crippen LogP contribution is 2.19. The molecule has 0 spiro atoms.